The maximum absolute atomic E-state index is 11.3. The van der Waals surface area contributed by atoms with E-state index in [-0.39, 0.29) is 17.3 Å². The molecule has 8 heterocycles. The summed E-state index contributed by atoms with van der Waals surface area (Å²) in [5.74, 6) is -1.00. The number of ether oxygens (including phenoxy) is 5. The van der Waals surface area contributed by atoms with Gasteiger partial charge in [-0.25, -0.2) is 24.0 Å². The fourth-order valence-corrected chi connectivity index (χ4v) is 15.8. The quantitative estimate of drug-likeness (QED) is 0.0841. The van der Waals surface area contributed by atoms with Crippen molar-refractivity contribution in [2.24, 2.45) is 0 Å². The average molecular weight is 1510 g/mol. The molecule has 3 saturated heterocycles. The molecule has 5 aromatic carbocycles. The summed E-state index contributed by atoms with van der Waals surface area (Å²) in [6.45, 7) is 14.7. The molecule has 5 aromatic heterocycles. The SMILES string of the molecule is C1CCOC1.CNC1CCC(c2cc3oc(=O)[nH]c3cc2C)CC1.Cc1cc2[nH]c(=O)oc2cc1Br.Cc1cc2[nH]c(=O)oc2cc1C1(O)CCC2(CC1)OCCO2.Cc1cc2[nH]c(=O)oc2cc1C1=CCC(=O)CC1.Cc1cc2[nH]c(=O)oc2cc1C1CCC(=O)CC1.O=C1CCC2(CC1)OCCO2. The van der Waals surface area contributed by atoms with Gasteiger partial charge in [-0.15, -0.1) is 0 Å². The lowest BCUT2D eigenvalue weighted by atomic mass is 9.75. The lowest BCUT2D eigenvalue weighted by Crippen LogP contribution is -2.42. The Hall–Kier alpha value is -8.60. The van der Waals surface area contributed by atoms with Crippen LogP contribution in [0, 0.1) is 34.6 Å². The van der Waals surface area contributed by atoms with E-state index in [2.05, 4.69) is 53.1 Å². The first-order valence-electron chi connectivity index (χ1n) is 36.5. The fraction of sp³-hybridized carbons (Fsp3) is 0.494. The van der Waals surface area contributed by atoms with Crippen molar-refractivity contribution in [1.29, 1.82) is 0 Å². The topological polar surface area (TPSA) is 360 Å². The number of hydrogen-bond acceptors (Lipinski definition) is 20. The Bertz CT molecular complexity index is 5020. The van der Waals surface area contributed by atoms with E-state index in [1.807, 2.05) is 89.3 Å². The number of rotatable bonds is 5. The molecule has 105 heavy (non-hydrogen) atoms. The molecular weight excluding hydrogens is 1420 g/mol. The van der Waals surface area contributed by atoms with E-state index in [0.29, 0.717) is 159 Å². The van der Waals surface area contributed by atoms with Gasteiger partial charge in [0.2, 0.25) is 0 Å². The first-order valence-corrected chi connectivity index (χ1v) is 37.3. The van der Waals surface area contributed by atoms with Crippen molar-refractivity contribution in [2.45, 2.75) is 205 Å². The number of nitrogens with one attached hydrogen (secondary N) is 6. The number of ketones is 3. The van der Waals surface area contributed by atoms with Crippen molar-refractivity contribution in [3.63, 3.8) is 0 Å². The van der Waals surface area contributed by atoms with Crippen molar-refractivity contribution in [3.8, 4) is 0 Å². The van der Waals surface area contributed by atoms with Gasteiger partial charge in [0.05, 0.1) is 59.6 Å². The Morgan fingerprint density at radius 2 is 0.829 bits per heavy atom. The number of carbonyl (C=O) groups excluding carboxylic acids is 3. The number of aryl methyl sites for hydroxylation is 5. The van der Waals surface area contributed by atoms with Crippen LogP contribution in [0.5, 0.6) is 0 Å². The summed E-state index contributed by atoms with van der Waals surface area (Å²) < 4.78 is 53.6. The van der Waals surface area contributed by atoms with Gasteiger partial charge in [-0.2, -0.15) is 0 Å². The zero-order chi connectivity index (χ0) is 74.2. The molecule has 2 spiro atoms. The molecule has 0 unspecified atom stereocenters. The predicted molar refractivity (Wildman–Crippen MR) is 398 cm³/mol. The van der Waals surface area contributed by atoms with E-state index in [9.17, 15) is 43.5 Å². The zero-order valence-electron chi connectivity index (χ0n) is 60.3. The van der Waals surface area contributed by atoms with Gasteiger partial charge in [0.25, 0.3) is 0 Å². The number of aromatic nitrogens is 5. The molecule has 0 atom stereocenters. The third-order valence-corrected chi connectivity index (χ3v) is 22.2. The summed E-state index contributed by atoms with van der Waals surface area (Å²) in [7, 11) is 2.04. The third kappa shape index (κ3) is 18.8. The van der Waals surface area contributed by atoms with E-state index in [4.69, 9.17) is 45.8 Å². The largest absolute Gasteiger partial charge is 0.417 e. The van der Waals surface area contributed by atoms with E-state index < -0.39 is 34.4 Å². The minimum atomic E-state index is -0.936. The van der Waals surface area contributed by atoms with E-state index in [0.717, 1.165) is 105 Å². The van der Waals surface area contributed by atoms with Crippen LogP contribution < -0.4 is 34.1 Å². The van der Waals surface area contributed by atoms with E-state index in [1.165, 1.54) is 55.2 Å². The molecular formula is C79H93BrN6O19. The molecule has 18 rings (SSSR count). The third-order valence-electron chi connectivity index (χ3n) is 21.4. The highest BCUT2D eigenvalue weighted by atomic mass is 79.9. The fourth-order valence-electron chi connectivity index (χ4n) is 15.5. The number of carbonyl (C=O) groups is 3. The number of benzene rings is 5. The normalized spacial score (nSPS) is 20.5. The first kappa shape index (κ1) is 76.1. The Labute approximate surface area is 612 Å². The van der Waals surface area contributed by atoms with Gasteiger partial charge in [0.15, 0.2) is 39.5 Å². The highest BCUT2D eigenvalue weighted by Crippen LogP contribution is 2.47. The van der Waals surface area contributed by atoms with Crippen molar-refractivity contribution in [3.05, 3.63) is 174 Å². The van der Waals surface area contributed by atoms with Gasteiger partial charge in [-0.05, 0) is 240 Å². The maximum atomic E-state index is 11.3. The van der Waals surface area contributed by atoms with E-state index >= 15 is 0 Å². The average Bonchev–Trinajstić information content (AvgIpc) is 1.76. The van der Waals surface area contributed by atoms with Gasteiger partial charge in [0.1, 0.15) is 17.3 Å². The lowest BCUT2D eigenvalue weighted by molar-refractivity contribution is -0.204. The van der Waals surface area contributed by atoms with Crippen molar-refractivity contribution >= 4 is 94.4 Å². The number of fused-ring (bicyclic) bond motifs is 5. The van der Waals surface area contributed by atoms with Crippen LogP contribution in [0.4, 0.5) is 0 Å². The first-order chi connectivity index (χ1) is 50.4. The van der Waals surface area contributed by atoms with Crippen LogP contribution in [0.2, 0.25) is 0 Å². The monoisotopic (exact) mass is 1510 g/mol. The summed E-state index contributed by atoms with van der Waals surface area (Å²) in [5.41, 5.74) is 16.7. The number of aliphatic hydroxyl groups is 1. The maximum Gasteiger partial charge on any atom is 0.417 e. The standard InChI is InChI=1S/C16H19NO5.C15H20N2O2.C14H15NO3.C14H13NO3.C8H6BrNO2.C8H12O3.C4H8O/c1-10-8-12-13(22-14(18)17-12)9-11(10)15(19)2-4-16(5-3-15)20-6-7-21-16;1-9-7-13-14(19-15(18)17-13)8-12(9)10-3-5-11(16-2)6-4-10;2*1-8-6-12-13(18-14(17)15-12)7-11(8)9-2-4-10(16)5-3-9;1-4-2-6-7(3-5(4)9)12-8(11)10-6;9-7-1-3-8(4-2-7)10-5-6-11-8;1-2-4-5-3-1/h8-9,19H,2-7H2,1H3,(H,17,18);7-8,10-11,16H,3-6H2,1-2H3,(H,17,18);6-7,9H,2-5H2,1H3,(H,15,17);2,6-7H,3-5H2,1H3,(H,15,17);2-3H,1H3,(H,10,11);1-6H2;1-4H2. The minimum absolute atomic E-state index is 0.283. The van der Waals surface area contributed by atoms with Crippen molar-refractivity contribution in [2.75, 3.05) is 46.7 Å². The van der Waals surface area contributed by atoms with Gasteiger partial charge < -0.3 is 56.2 Å². The molecule has 4 saturated carbocycles. The second kappa shape index (κ2) is 33.5. The molecule has 5 aliphatic carbocycles. The number of allylic oxidation sites excluding steroid dienone is 2. The molecule has 0 amide bonds. The highest BCUT2D eigenvalue weighted by molar-refractivity contribution is 9.10. The number of H-pyrrole nitrogens is 5. The van der Waals surface area contributed by atoms with Crippen LogP contribution in [-0.4, -0.2) is 112 Å². The highest BCUT2D eigenvalue weighted by Gasteiger charge is 2.47. The molecule has 0 radical (unpaired) electrons. The molecule has 10 aromatic rings. The summed E-state index contributed by atoms with van der Waals surface area (Å²) in [6, 6.07) is 19.7. The minimum Gasteiger partial charge on any atom is -0.408 e. The van der Waals surface area contributed by atoms with Crippen molar-refractivity contribution < 1.29 is 65.3 Å². The van der Waals surface area contributed by atoms with Crippen LogP contribution in [0.3, 0.4) is 0 Å². The summed E-state index contributed by atoms with van der Waals surface area (Å²) in [4.78, 5) is 102. The molecule has 7 fully saturated rings. The second-order valence-electron chi connectivity index (χ2n) is 28.6. The van der Waals surface area contributed by atoms with Crippen LogP contribution >= 0.6 is 15.9 Å². The summed E-state index contributed by atoms with van der Waals surface area (Å²) in [5, 5.41) is 14.5. The van der Waals surface area contributed by atoms with Gasteiger partial charge >= 0.3 is 28.8 Å². The summed E-state index contributed by atoms with van der Waals surface area (Å²) >= 11 is 3.35. The number of Topliss-reactive ketones (excluding diaryl/α,β-unsaturated/α-hetero) is 3. The van der Waals surface area contributed by atoms with Crippen LogP contribution in [0.25, 0.3) is 61.1 Å². The van der Waals surface area contributed by atoms with Crippen LogP contribution in [-0.2, 0) is 43.7 Å². The second-order valence-corrected chi connectivity index (χ2v) is 29.5. The molecule has 26 heteroatoms. The number of aromatic amines is 5. The van der Waals surface area contributed by atoms with Gasteiger partial charge in [-0.1, -0.05) is 22.0 Å². The van der Waals surface area contributed by atoms with Crippen LogP contribution in [0.1, 0.15) is 197 Å². The zero-order valence-corrected chi connectivity index (χ0v) is 61.9. The number of oxazole rings is 5. The smallest absolute Gasteiger partial charge is 0.408 e. The molecule has 25 nitrogen and oxygen atoms in total. The van der Waals surface area contributed by atoms with E-state index in [1.54, 1.807) is 12.1 Å². The Morgan fingerprint density at radius 1 is 0.419 bits per heavy atom. The molecule has 3 aliphatic heterocycles. The lowest BCUT2D eigenvalue weighted by Gasteiger charge is -2.41. The molecule has 7 N–H and O–H groups in total. The summed E-state index contributed by atoms with van der Waals surface area (Å²) in [6.07, 6.45) is 19.6. The van der Waals surface area contributed by atoms with Crippen molar-refractivity contribution in [1.82, 2.24) is 30.2 Å². The predicted octanol–water partition coefficient (Wildman–Crippen LogP) is 13.7. The Balaban J connectivity index is 0.000000118. The molecule has 8 aliphatic rings. The van der Waals surface area contributed by atoms with Gasteiger partial charge in [-0.3, -0.25) is 39.3 Å². The Morgan fingerprint density at radius 3 is 1.28 bits per heavy atom. The number of halogens is 1. The molecule has 0 bridgehead atoms. The number of hydrogen-bond donors (Lipinski definition) is 7. The van der Waals surface area contributed by atoms with Gasteiger partial charge in [0, 0.05) is 87.9 Å². The Kier molecular flexibility index (Phi) is 24.2. The molecule has 560 valence electrons. The van der Waals surface area contributed by atoms with Crippen LogP contribution in [0.15, 0.2) is 117 Å².